The van der Waals surface area contributed by atoms with Gasteiger partial charge in [0.15, 0.2) is 0 Å². The third-order valence-electron chi connectivity index (χ3n) is 4.89. The van der Waals surface area contributed by atoms with E-state index >= 15 is 0 Å². The van der Waals surface area contributed by atoms with Crippen LogP contribution < -0.4 is 4.57 Å². The fourth-order valence-corrected chi connectivity index (χ4v) is 3.53. The summed E-state index contributed by atoms with van der Waals surface area (Å²) in [5.41, 5.74) is 2.36. The van der Waals surface area contributed by atoms with E-state index in [9.17, 15) is 13.2 Å². The van der Waals surface area contributed by atoms with Crippen LogP contribution in [0, 0.1) is 13.8 Å². The molecule has 0 aliphatic rings. The summed E-state index contributed by atoms with van der Waals surface area (Å²) in [6, 6.07) is 11.5. The monoisotopic (exact) mass is 383 g/mol. The lowest BCUT2D eigenvalue weighted by molar-refractivity contribution is -0.606. The van der Waals surface area contributed by atoms with Crippen LogP contribution in [0.3, 0.4) is 0 Å². The third kappa shape index (κ3) is 2.93. The molecule has 0 radical (unpaired) electrons. The van der Waals surface area contributed by atoms with Crippen LogP contribution in [0.4, 0.5) is 13.2 Å². The Morgan fingerprint density at radius 1 is 1.04 bits per heavy atom. The Labute approximate surface area is 159 Å². The SMILES string of the molecule is Cc1c(-c2c3ccccc3nn2C)cc(C(F)(F)F)cc1-[n+]1cccnc1C. The first-order valence-electron chi connectivity index (χ1n) is 8.75. The van der Waals surface area contributed by atoms with Gasteiger partial charge in [0.1, 0.15) is 18.1 Å². The van der Waals surface area contributed by atoms with Gasteiger partial charge in [0, 0.05) is 36.6 Å². The van der Waals surface area contributed by atoms with E-state index in [2.05, 4.69) is 10.1 Å². The van der Waals surface area contributed by atoms with E-state index in [-0.39, 0.29) is 0 Å². The molecule has 0 unspecified atom stereocenters. The van der Waals surface area contributed by atoms with Crippen molar-refractivity contribution in [3.63, 3.8) is 0 Å². The van der Waals surface area contributed by atoms with Gasteiger partial charge in [-0.15, -0.1) is 0 Å². The van der Waals surface area contributed by atoms with Crippen LogP contribution >= 0.6 is 0 Å². The average Bonchev–Trinajstić information content (AvgIpc) is 2.97. The fraction of sp³-hybridized carbons (Fsp3) is 0.190. The Bertz CT molecular complexity index is 1190. The van der Waals surface area contributed by atoms with Crippen LogP contribution in [0.1, 0.15) is 17.0 Å². The summed E-state index contributed by atoms with van der Waals surface area (Å²) >= 11 is 0. The molecular formula is C21H18F3N4+. The molecule has 142 valence electrons. The van der Waals surface area contributed by atoms with E-state index in [1.807, 2.05) is 31.2 Å². The summed E-state index contributed by atoms with van der Waals surface area (Å²) in [6.07, 6.45) is -1.14. The lowest BCUT2D eigenvalue weighted by Crippen LogP contribution is -2.36. The van der Waals surface area contributed by atoms with Gasteiger partial charge >= 0.3 is 6.18 Å². The zero-order valence-electron chi connectivity index (χ0n) is 15.6. The van der Waals surface area contributed by atoms with Crippen molar-refractivity contribution >= 4 is 10.9 Å². The molecule has 28 heavy (non-hydrogen) atoms. The summed E-state index contributed by atoms with van der Waals surface area (Å²) in [5.74, 6) is 0.603. The first-order chi connectivity index (χ1) is 13.3. The molecule has 4 aromatic rings. The second-order valence-corrected chi connectivity index (χ2v) is 6.69. The minimum absolute atomic E-state index is 0.445. The molecule has 0 aliphatic carbocycles. The summed E-state index contributed by atoms with van der Waals surface area (Å²) in [6.45, 7) is 3.59. The molecule has 0 fully saturated rings. The molecule has 0 atom stereocenters. The van der Waals surface area contributed by atoms with Gasteiger partial charge in [0.05, 0.1) is 16.8 Å². The highest BCUT2D eigenvalue weighted by Gasteiger charge is 2.34. The Hall–Kier alpha value is -3.22. The second kappa shape index (κ2) is 6.44. The molecule has 0 saturated heterocycles. The van der Waals surface area contributed by atoms with Crippen molar-refractivity contribution in [3.8, 4) is 16.9 Å². The summed E-state index contributed by atoms with van der Waals surface area (Å²) in [7, 11) is 1.75. The number of hydrogen-bond donors (Lipinski definition) is 0. The van der Waals surface area contributed by atoms with Gasteiger partial charge in [-0.05, 0) is 25.1 Å². The molecule has 2 aromatic heterocycles. The summed E-state index contributed by atoms with van der Waals surface area (Å²) < 4.78 is 44.4. The van der Waals surface area contributed by atoms with Gasteiger partial charge in [0.25, 0.3) is 5.82 Å². The van der Waals surface area contributed by atoms with Crippen LogP contribution in [0.5, 0.6) is 0 Å². The molecular weight excluding hydrogens is 365 g/mol. The molecule has 4 rings (SSSR count). The topological polar surface area (TPSA) is 34.6 Å². The largest absolute Gasteiger partial charge is 0.416 e. The fourth-order valence-electron chi connectivity index (χ4n) is 3.53. The first kappa shape index (κ1) is 18.2. The quantitative estimate of drug-likeness (QED) is 0.476. The molecule has 0 saturated carbocycles. The van der Waals surface area contributed by atoms with E-state index in [4.69, 9.17) is 0 Å². The molecule has 0 bridgehead atoms. The van der Waals surface area contributed by atoms with E-state index in [1.165, 1.54) is 12.1 Å². The molecule has 2 heterocycles. The van der Waals surface area contributed by atoms with Crippen molar-refractivity contribution in [2.75, 3.05) is 0 Å². The number of aryl methyl sites for hydroxylation is 2. The van der Waals surface area contributed by atoms with E-state index in [0.717, 1.165) is 16.5 Å². The Balaban J connectivity index is 2.09. The second-order valence-electron chi connectivity index (χ2n) is 6.69. The van der Waals surface area contributed by atoms with Crippen molar-refractivity contribution in [1.82, 2.24) is 14.8 Å². The number of benzene rings is 2. The first-order valence-corrected chi connectivity index (χ1v) is 8.75. The van der Waals surface area contributed by atoms with E-state index in [1.54, 1.807) is 41.7 Å². The van der Waals surface area contributed by atoms with Crippen LogP contribution in [-0.4, -0.2) is 14.8 Å². The number of aromatic nitrogens is 4. The minimum atomic E-state index is -4.47. The maximum absolute atomic E-state index is 13.7. The number of nitrogens with zero attached hydrogens (tertiary/aromatic N) is 4. The lowest BCUT2D eigenvalue weighted by atomic mass is 9.97. The molecule has 7 heteroatoms. The van der Waals surface area contributed by atoms with Crippen molar-refractivity contribution in [2.24, 2.45) is 7.05 Å². The zero-order chi connectivity index (χ0) is 20.1. The Morgan fingerprint density at radius 2 is 1.79 bits per heavy atom. The summed E-state index contributed by atoms with van der Waals surface area (Å²) in [5, 5.41) is 5.27. The van der Waals surface area contributed by atoms with Crippen LogP contribution in [0.25, 0.3) is 27.8 Å². The predicted molar refractivity (Wildman–Crippen MR) is 100.0 cm³/mol. The molecule has 0 N–H and O–H groups in total. The highest BCUT2D eigenvalue weighted by atomic mass is 19.4. The zero-order valence-corrected chi connectivity index (χ0v) is 15.6. The average molecular weight is 383 g/mol. The van der Waals surface area contributed by atoms with Gasteiger partial charge in [-0.3, -0.25) is 4.68 Å². The van der Waals surface area contributed by atoms with Crippen LogP contribution in [0.2, 0.25) is 0 Å². The predicted octanol–water partition coefficient (Wildman–Crippen LogP) is 4.55. The number of hydrogen-bond acceptors (Lipinski definition) is 2. The number of alkyl halides is 3. The van der Waals surface area contributed by atoms with Gasteiger partial charge in [-0.1, -0.05) is 23.2 Å². The third-order valence-corrected chi connectivity index (χ3v) is 4.89. The van der Waals surface area contributed by atoms with E-state index in [0.29, 0.717) is 22.8 Å². The van der Waals surface area contributed by atoms with Gasteiger partial charge < -0.3 is 0 Å². The molecule has 0 aliphatic heterocycles. The normalized spacial score (nSPS) is 11.9. The van der Waals surface area contributed by atoms with Crippen molar-refractivity contribution in [1.29, 1.82) is 0 Å². The maximum Gasteiger partial charge on any atom is 0.416 e. The standard InChI is InChI=1S/C21H18F3N4/c1-13-17(20-16-7-4-5-8-18(16)26-27(20)3)11-15(21(22,23)24)12-19(13)28-10-6-9-25-14(28)2/h4-12H,1-3H3/q+1. The van der Waals surface area contributed by atoms with Gasteiger partial charge in [-0.25, -0.2) is 4.57 Å². The number of fused-ring (bicyclic) bond motifs is 1. The van der Waals surface area contributed by atoms with Gasteiger partial charge in [-0.2, -0.15) is 18.3 Å². The molecule has 4 nitrogen and oxygen atoms in total. The minimum Gasteiger partial charge on any atom is -0.267 e. The lowest BCUT2D eigenvalue weighted by Gasteiger charge is -2.16. The smallest absolute Gasteiger partial charge is 0.267 e. The highest BCUT2D eigenvalue weighted by Crippen LogP contribution is 2.38. The maximum atomic E-state index is 13.7. The van der Waals surface area contributed by atoms with Crippen LogP contribution in [-0.2, 0) is 13.2 Å². The number of halogens is 3. The molecule has 0 amide bonds. The Kier molecular flexibility index (Phi) is 4.18. The Morgan fingerprint density at radius 3 is 2.50 bits per heavy atom. The summed E-state index contributed by atoms with van der Waals surface area (Å²) in [4.78, 5) is 4.21. The van der Waals surface area contributed by atoms with Crippen molar-refractivity contribution in [2.45, 2.75) is 20.0 Å². The van der Waals surface area contributed by atoms with Crippen LogP contribution in [0.15, 0.2) is 54.9 Å². The number of rotatable bonds is 2. The highest BCUT2D eigenvalue weighted by molar-refractivity contribution is 5.94. The van der Waals surface area contributed by atoms with Gasteiger partial charge in [0.2, 0.25) is 0 Å². The molecule has 2 aromatic carbocycles. The van der Waals surface area contributed by atoms with Crippen molar-refractivity contribution in [3.05, 3.63) is 71.8 Å². The van der Waals surface area contributed by atoms with E-state index < -0.39 is 11.7 Å². The molecule has 0 spiro atoms. The van der Waals surface area contributed by atoms with Crippen molar-refractivity contribution < 1.29 is 17.7 Å².